The smallest absolute Gasteiger partial charge is 0.157 e. The zero-order valence-corrected chi connectivity index (χ0v) is 10.4. The van der Waals surface area contributed by atoms with Gasteiger partial charge in [0.1, 0.15) is 0 Å². The predicted molar refractivity (Wildman–Crippen MR) is 67.1 cm³/mol. The molecule has 0 aliphatic carbocycles. The molecule has 0 saturated heterocycles. The van der Waals surface area contributed by atoms with E-state index >= 15 is 0 Å². The molecule has 0 aromatic heterocycles. The third kappa shape index (κ3) is 11.8. The van der Waals surface area contributed by atoms with Gasteiger partial charge in [-0.15, -0.1) is 0 Å². The molecule has 0 heterocycles. The van der Waals surface area contributed by atoms with Crippen molar-refractivity contribution in [1.29, 1.82) is 0 Å². The van der Waals surface area contributed by atoms with Gasteiger partial charge in [-0.2, -0.15) is 0 Å². The summed E-state index contributed by atoms with van der Waals surface area (Å²) in [5.74, 6) is 0. The number of ether oxygens (including phenoxy) is 2. The van der Waals surface area contributed by atoms with Crippen LogP contribution in [0, 0.1) is 5.41 Å². The van der Waals surface area contributed by atoms with Gasteiger partial charge in [0.05, 0.1) is 0 Å². The van der Waals surface area contributed by atoms with Crippen LogP contribution >= 0.6 is 0 Å². The Bertz CT molecular complexity index is 121. The molecule has 0 spiro atoms. The number of hydrogen-bond donors (Lipinski definition) is 0. The molecule has 0 aromatic carbocycles. The van der Waals surface area contributed by atoms with Crippen LogP contribution in [0.4, 0.5) is 0 Å². The average Bonchev–Trinajstić information content (AvgIpc) is 2.02. The zero-order valence-electron chi connectivity index (χ0n) is 10.4. The highest BCUT2D eigenvalue weighted by Gasteiger charge is 2.12. The van der Waals surface area contributed by atoms with Crippen LogP contribution in [-0.2, 0) is 9.47 Å². The molecule has 15 heavy (non-hydrogen) atoms. The second kappa shape index (κ2) is 9.17. The van der Waals surface area contributed by atoms with Crippen LogP contribution in [0.5, 0.6) is 0 Å². The minimum atomic E-state index is 0. The Labute approximate surface area is 96.4 Å². The van der Waals surface area contributed by atoms with Crippen molar-refractivity contribution in [2.45, 2.75) is 67.6 Å². The molecule has 0 bridgehead atoms. The second-order valence-electron chi connectivity index (χ2n) is 4.79. The van der Waals surface area contributed by atoms with E-state index in [0.29, 0.717) is 5.41 Å². The molecule has 2 nitrogen and oxygen atoms in total. The molecule has 0 atom stereocenters. The van der Waals surface area contributed by atoms with E-state index < -0.39 is 0 Å². The third-order valence-electron chi connectivity index (χ3n) is 2.07. The van der Waals surface area contributed by atoms with E-state index in [1.54, 1.807) is 0 Å². The number of hydrogen-bond acceptors (Lipinski definition) is 2. The highest BCUT2D eigenvalue weighted by molar-refractivity contribution is 4.61. The molecule has 0 N–H and O–H groups in total. The van der Waals surface area contributed by atoms with Crippen LogP contribution in [0.25, 0.3) is 0 Å². The quantitative estimate of drug-likeness (QED) is 0.595. The van der Waals surface area contributed by atoms with Gasteiger partial charge in [-0.05, 0) is 38.5 Å². The molecule has 0 aliphatic heterocycles. The van der Waals surface area contributed by atoms with Crippen molar-refractivity contribution >= 4 is 0 Å². The van der Waals surface area contributed by atoms with Gasteiger partial charge in [0.25, 0.3) is 0 Å². The van der Waals surface area contributed by atoms with Crippen LogP contribution < -0.4 is 0 Å². The fourth-order valence-corrected chi connectivity index (χ4v) is 1.39. The lowest BCUT2D eigenvalue weighted by molar-refractivity contribution is -0.140. The summed E-state index contributed by atoms with van der Waals surface area (Å²) in [5, 5.41) is 0. The van der Waals surface area contributed by atoms with E-state index in [1.807, 2.05) is 13.8 Å². The first kappa shape index (κ1) is 17.3. The Morgan fingerprint density at radius 3 is 1.80 bits per heavy atom. The third-order valence-corrected chi connectivity index (χ3v) is 2.07. The summed E-state index contributed by atoms with van der Waals surface area (Å²) in [4.78, 5) is 0. The summed E-state index contributed by atoms with van der Waals surface area (Å²) in [6.07, 6.45) is 3.42. The first-order valence-electron chi connectivity index (χ1n) is 5.72. The van der Waals surface area contributed by atoms with E-state index in [-0.39, 0.29) is 13.7 Å². The fourth-order valence-electron chi connectivity index (χ4n) is 1.39. The van der Waals surface area contributed by atoms with Crippen LogP contribution in [0.1, 0.15) is 61.3 Å². The van der Waals surface area contributed by atoms with Gasteiger partial charge < -0.3 is 9.47 Å². The SMILES string of the molecule is C.CCOC(CCCC(C)(C)C)OCC. The Kier molecular flexibility index (Phi) is 10.6. The first-order chi connectivity index (χ1) is 6.49. The topological polar surface area (TPSA) is 18.5 Å². The van der Waals surface area contributed by atoms with E-state index in [1.165, 1.54) is 12.8 Å². The molecule has 0 aromatic rings. The molecular formula is C13H30O2. The van der Waals surface area contributed by atoms with Crippen LogP contribution in [-0.4, -0.2) is 19.5 Å². The van der Waals surface area contributed by atoms with Crippen molar-refractivity contribution in [2.75, 3.05) is 13.2 Å². The monoisotopic (exact) mass is 218 g/mol. The normalized spacial score (nSPS) is 11.6. The fraction of sp³-hybridized carbons (Fsp3) is 1.00. The van der Waals surface area contributed by atoms with Crippen molar-refractivity contribution in [3.05, 3.63) is 0 Å². The maximum absolute atomic E-state index is 5.47. The van der Waals surface area contributed by atoms with E-state index in [9.17, 15) is 0 Å². The Morgan fingerprint density at radius 1 is 1.00 bits per heavy atom. The van der Waals surface area contributed by atoms with Gasteiger partial charge >= 0.3 is 0 Å². The predicted octanol–water partition coefficient (Wildman–Crippen LogP) is 4.24. The van der Waals surface area contributed by atoms with E-state index in [4.69, 9.17) is 9.47 Å². The minimum absolute atomic E-state index is 0. The summed E-state index contributed by atoms with van der Waals surface area (Å²) in [6.45, 7) is 12.3. The maximum Gasteiger partial charge on any atom is 0.157 e. The maximum atomic E-state index is 5.47. The van der Waals surface area contributed by atoms with Crippen molar-refractivity contribution in [3.63, 3.8) is 0 Å². The van der Waals surface area contributed by atoms with Crippen LogP contribution in [0.3, 0.4) is 0 Å². The van der Waals surface area contributed by atoms with Gasteiger partial charge in [-0.25, -0.2) is 0 Å². The molecule has 0 radical (unpaired) electrons. The van der Waals surface area contributed by atoms with Gasteiger partial charge in [0, 0.05) is 13.2 Å². The van der Waals surface area contributed by atoms with Crippen molar-refractivity contribution in [3.8, 4) is 0 Å². The van der Waals surface area contributed by atoms with Gasteiger partial charge in [-0.3, -0.25) is 0 Å². The molecule has 94 valence electrons. The molecule has 0 saturated carbocycles. The lowest BCUT2D eigenvalue weighted by Gasteiger charge is -2.21. The lowest BCUT2D eigenvalue weighted by Crippen LogP contribution is -2.18. The molecule has 0 aliphatic rings. The van der Waals surface area contributed by atoms with Crippen molar-refractivity contribution in [2.24, 2.45) is 5.41 Å². The second-order valence-corrected chi connectivity index (χ2v) is 4.79. The van der Waals surface area contributed by atoms with Gasteiger partial charge in [-0.1, -0.05) is 28.2 Å². The van der Waals surface area contributed by atoms with Gasteiger partial charge in [0.15, 0.2) is 6.29 Å². The molecule has 0 amide bonds. The Balaban J connectivity index is 0. The average molecular weight is 218 g/mol. The van der Waals surface area contributed by atoms with E-state index in [0.717, 1.165) is 19.6 Å². The van der Waals surface area contributed by atoms with Gasteiger partial charge in [0.2, 0.25) is 0 Å². The standard InChI is InChI=1S/C12H26O2.CH4/c1-6-13-11(14-7-2)9-8-10-12(3,4)5;/h11H,6-10H2,1-5H3;1H4. The highest BCUT2D eigenvalue weighted by atomic mass is 16.7. The largest absolute Gasteiger partial charge is 0.353 e. The summed E-state index contributed by atoms with van der Waals surface area (Å²) in [6, 6.07) is 0. The van der Waals surface area contributed by atoms with E-state index in [2.05, 4.69) is 20.8 Å². The number of rotatable bonds is 7. The van der Waals surface area contributed by atoms with Crippen molar-refractivity contribution in [1.82, 2.24) is 0 Å². The Hall–Kier alpha value is -0.0800. The molecule has 0 rings (SSSR count). The molecular weight excluding hydrogens is 188 g/mol. The van der Waals surface area contributed by atoms with Crippen molar-refractivity contribution < 1.29 is 9.47 Å². The zero-order chi connectivity index (χ0) is 11.0. The van der Waals surface area contributed by atoms with Crippen LogP contribution in [0.15, 0.2) is 0 Å². The first-order valence-corrected chi connectivity index (χ1v) is 5.72. The summed E-state index contributed by atoms with van der Waals surface area (Å²) in [5.41, 5.74) is 0.420. The Morgan fingerprint density at radius 2 is 1.47 bits per heavy atom. The molecule has 2 heteroatoms. The summed E-state index contributed by atoms with van der Waals surface area (Å²) < 4.78 is 10.9. The molecule has 0 fully saturated rings. The lowest BCUT2D eigenvalue weighted by atomic mass is 9.90. The molecule has 0 unspecified atom stereocenters. The summed E-state index contributed by atoms with van der Waals surface area (Å²) >= 11 is 0. The minimum Gasteiger partial charge on any atom is -0.353 e. The van der Waals surface area contributed by atoms with Crippen LogP contribution in [0.2, 0.25) is 0 Å². The summed E-state index contributed by atoms with van der Waals surface area (Å²) in [7, 11) is 0. The highest BCUT2D eigenvalue weighted by Crippen LogP contribution is 2.22.